The first-order valence-corrected chi connectivity index (χ1v) is 8.36. The minimum absolute atomic E-state index is 1.12. The molecule has 20 heavy (non-hydrogen) atoms. The third-order valence-electron chi connectivity index (χ3n) is 2.91. The predicted octanol–water partition coefficient (Wildman–Crippen LogP) is 5.75. The van der Waals surface area contributed by atoms with E-state index in [9.17, 15) is 0 Å². The third-order valence-corrected chi connectivity index (χ3v) is 2.91. The molecule has 2 heteroatoms. The average Bonchev–Trinajstić information content (AvgIpc) is 3.02. The number of rotatable bonds is 9. The van der Waals surface area contributed by atoms with Gasteiger partial charge < -0.3 is 6.92 Å². The van der Waals surface area contributed by atoms with E-state index in [1.165, 1.54) is 62.6 Å². The summed E-state index contributed by atoms with van der Waals surface area (Å²) in [6.45, 7) is 6.12. The van der Waals surface area contributed by atoms with E-state index in [-0.39, 0.29) is 0 Å². The van der Waals surface area contributed by atoms with Gasteiger partial charge in [-0.25, -0.2) is 12.1 Å². The van der Waals surface area contributed by atoms with E-state index in [4.69, 9.17) is 4.79 Å². The fourth-order valence-corrected chi connectivity index (χ4v) is 1.81. The van der Waals surface area contributed by atoms with Gasteiger partial charge in [-0.2, -0.15) is 24.6 Å². The molecule has 0 N–H and O–H groups in total. The standard InChI is InChI=1S/C12H25.C5H5.CO.Mn/c1-3-5-7-9-11-12-10-8-6-4-2;1-2-4-5-3-1;1-2;/h1,3-12H2,2H3;1-5H;;/q2*-1;;. The van der Waals surface area contributed by atoms with Crippen LogP contribution in [0.15, 0.2) is 30.3 Å². The van der Waals surface area contributed by atoms with Crippen LogP contribution < -0.4 is 0 Å². The van der Waals surface area contributed by atoms with Crippen LogP contribution in [0.5, 0.6) is 0 Å². The fourth-order valence-electron chi connectivity index (χ4n) is 1.81. The number of hydrogen-bond acceptors (Lipinski definition) is 1. The summed E-state index contributed by atoms with van der Waals surface area (Å²) in [5.74, 6) is 0. The molecule has 0 fully saturated rings. The molecule has 0 aliphatic heterocycles. The molecule has 1 aromatic rings. The summed E-state index contributed by atoms with van der Waals surface area (Å²) in [7, 11) is 0. The second kappa shape index (κ2) is 23.5. The van der Waals surface area contributed by atoms with Crippen LogP contribution >= 0.6 is 0 Å². The smallest absolute Gasteiger partial charge is 0.0533 e. The molecule has 0 radical (unpaired) electrons. The van der Waals surface area contributed by atoms with Crippen LogP contribution in [0.2, 0.25) is 0 Å². The van der Waals surface area contributed by atoms with Crippen molar-refractivity contribution in [1.82, 2.24) is 0 Å². The van der Waals surface area contributed by atoms with E-state index in [1.807, 2.05) is 30.3 Å². The maximum absolute atomic E-state index is 8.60. The van der Waals surface area contributed by atoms with Crippen molar-refractivity contribution in [3.05, 3.63) is 37.3 Å². The van der Waals surface area contributed by atoms with Gasteiger partial charge in [-0.3, -0.25) is 0 Å². The normalized spacial score (nSPS) is 8.70. The second-order valence-electron chi connectivity index (χ2n) is 4.72. The van der Waals surface area contributed by atoms with Crippen LogP contribution in [0.3, 0.4) is 0 Å². The van der Waals surface area contributed by atoms with E-state index in [0.717, 1.165) is 6.42 Å². The number of unbranched alkanes of at least 4 members (excludes halogenated alkanes) is 9. The SMILES string of the molecule is O=[C]=[Mn].[CH2-]CCCCCCCCCCC.c1cc[cH-]c1. The van der Waals surface area contributed by atoms with Crippen LogP contribution in [-0.2, 0) is 20.4 Å². The second-order valence-corrected chi connectivity index (χ2v) is 4.96. The first-order valence-electron chi connectivity index (χ1n) is 7.77. The largest absolute Gasteiger partial charge is 0.343 e. The Bertz CT molecular complexity index is 234. The molecule has 0 heterocycles. The van der Waals surface area contributed by atoms with Gasteiger partial charge in [-0.1, -0.05) is 64.7 Å². The van der Waals surface area contributed by atoms with E-state index < -0.39 is 0 Å². The van der Waals surface area contributed by atoms with Gasteiger partial charge in [0.1, 0.15) is 0 Å². The zero-order valence-corrected chi connectivity index (χ0v) is 14.1. The zero-order chi connectivity index (χ0) is 15.3. The predicted molar refractivity (Wildman–Crippen MR) is 84.9 cm³/mol. The molecule has 1 nitrogen and oxygen atoms in total. The van der Waals surface area contributed by atoms with Gasteiger partial charge >= 0.3 is 25.2 Å². The van der Waals surface area contributed by atoms with Crippen molar-refractivity contribution in [2.75, 3.05) is 0 Å². The van der Waals surface area contributed by atoms with Gasteiger partial charge in [-0.05, 0) is 0 Å². The molecule has 0 spiro atoms. The zero-order valence-electron chi connectivity index (χ0n) is 13.0. The van der Waals surface area contributed by atoms with Crippen LogP contribution in [0.1, 0.15) is 71.1 Å². The molecule has 0 amide bonds. The monoisotopic (exact) mass is 317 g/mol. The molecule has 0 unspecified atom stereocenters. The van der Waals surface area contributed by atoms with Gasteiger partial charge in [0.15, 0.2) is 0 Å². The van der Waals surface area contributed by atoms with E-state index in [1.54, 1.807) is 0 Å². The Morgan fingerprint density at radius 3 is 1.65 bits per heavy atom. The van der Waals surface area contributed by atoms with E-state index in [0.29, 0.717) is 0 Å². The Labute approximate surface area is 133 Å². The Kier molecular flexibility index (Phi) is 25.6. The molecule has 0 bridgehead atoms. The molecule has 1 aromatic carbocycles. The fraction of sp³-hybridized carbons (Fsp3) is 0.611. The first-order chi connectivity index (χ1) is 9.83. The third kappa shape index (κ3) is 26.1. The van der Waals surface area contributed by atoms with Crippen molar-refractivity contribution >= 4 is 4.79 Å². The molecule has 0 aromatic heterocycles. The van der Waals surface area contributed by atoms with Crippen molar-refractivity contribution in [2.24, 2.45) is 0 Å². The van der Waals surface area contributed by atoms with Crippen molar-refractivity contribution in [3.8, 4) is 0 Å². The minimum Gasteiger partial charge on any atom is -0.343 e. The Morgan fingerprint density at radius 2 is 1.35 bits per heavy atom. The maximum Gasteiger partial charge on any atom is -0.0533 e. The van der Waals surface area contributed by atoms with Gasteiger partial charge in [0.2, 0.25) is 0 Å². The van der Waals surface area contributed by atoms with Gasteiger partial charge in [0.25, 0.3) is 0 Å². The summed E-state index contributed by atoms with van der Waals surface area (Å²) in [6, 6.07) is 10.0. The summed E-state index contributed by atoms with van der Waals surface area (Å²) in [5, 5.41) is 0. The van der Waals surface area contributed by atoms with Crippen molar-refractivity contribution < 1.29 is 20.4 Å². The first kappa shape index (κ1) is 21.7. The van der Waals surface area contributed by atoms with Gasteiger partial charge in [0.05, 0.1) is 0 Å². The molecule has 0 aliphatic carbocycles. The molecule has 0 saturated carbocycles. The quantitative estimate of drug-likeness (QED) is 0.322. The van der Waals surface area contributed by atoms with Crippen molar-refractivity contribution in [3.63, 3.8) is 0 Å². The number of carbonyl (C=O) groups excluding carboxylic acids is 1. The van der Waals surface area contributed by atoms with Gasteiger partial charge in [0, 0.05) is 0 Å². The molecular formula is C18H30MnO-2. The topological polar surface area (TPSA) is 17.1 Å². The maximum atomic E-state index is 8.60. The van der Waals surface area contributed by atoms with Crippen LogP contribution in [0.4, 0.5) is 0 Å². The Morgan fingerprint density at radius 1 is 0.950 bits per heavy atom. The summed E-state index contributed by atoms with van der Waals surface area (Å²) in [4.78, 5) is 9.91. The number of hydrogen-bond donors (Lipinski definition) is 0. The average molecular weight is 317 g/mol. The summed E-state index contributed by atoms with van der Waals surface area (Å²) >= 11 is 2.34. The molecule has 0 aliphatic rings. The Hall–Kier alpha value is -0.551. The minimum atomic E-state index is 1.12. The summed E-state index contributed by atoms with van der Waals surface area (Å²) in [6.07, 6.45) is 13.9. The van der Waals surface area contributed by atoms with E-state index >= 15 is 0 Å². The van der Waals surface area contributed by atoms with Gasteiger partial charge in [-0.15, -0.1) is 0 Å². The van der Waals surface area contributed by atoms with Crippen molar-refractivity contribution in [2.45, 2.75) is 71.1 Å². The van der Waals surface area contributed by atoms with Crippen molar-refractivity contribution in [1.29, 1.82) is 0 Å². The molecule has 0 atom stereocenters. The van der Waals surface area contributed by atoms with Crippen LogP contribution in [-0.4, -0.2) is 4.79 Å². The van der Waals surface area contributed by atoms with Crippen LogP contribution in [0, 0.1) is 6.92 Å². The van der Waals surface area contributed by atoms with E-state index in [2.05, 4.69) is 29.4 Å². The molecule has 1 rings (SSSR count). The summed E-state index contributed by atoms with van der Waals surface area (Å²) in [5.41, 5.74) is 0. The van der Waals surface area contributed by atoms with Crippen LogP contribution in [0.25, 0.3) is 0 Å². The molecule has 0 saturated heterocycles. The summed E-state index contributed by atoms with van der Waals surface area (Å²) < 4.78 is 0. The molecular weight excluding hydrogens is 287 g/mol. The molecule has 117 valence electrons. The Balaban J connectivity index is 0.